The second-order valence-corrected chi connectivity index (χ2v) is 4.64. The van der Waals surface area contributed by atoms with Gasteiger partial charge < -0.3 is 10.2 Å². The third-order valence-corrected chi connectivity index (χ3v) is 2.98. The molecule has 94 valence electrons. The summed E-state index contributed by atoms with van der Waals surface area (Å²) in [5.74, 6) is -1.56. The molecule has 17 heavy (non-hydrogen) atoms. The van der Waals surface area contributed by atoms with Crippen LogP contribution in [0.5, 0.6) is 5.75 Å². The smallest absolute Gasteiger partial charge is 0.335 e. The molecule has 0 radical (unpaired) electrons. The molecule has 0 saturated carbocycles. The summed E-state index contributed by atoms with van der Waals surface area (Å²) in [5.41, 5.74) is -0.317. The fourth-order valence-electron chi connectivity index (χ4n) is 1.12. The van der Waals surface area contributed by atoms with Crippen LogP contribution in [0, 0.1) is 0 Å². The van der Waals surface area contributed by atoms with Gasteiger partial charge in [0.15, 0.2) is 0 Å². The number of hydrogen-bond acceptors (Lipinski definition) is 4. The number of phenolic OH excluding ortho intramolecular Hbond substituents is 1. The van der Waals surface area contributed by atoms with Crippen molar-refractivity contribution in [1.29, 1.82) is 0 Å². The number of phenols is 1. The zero-order valence-electron chi connectivity index (χ0n) is 8.97. The van der Waals surface area contributed by atoms with Gasteiger partial charge in [0.1, 0.15) is 5.75 Å². The zero-order valence-corrected chi connectivity index (χ0v) is 9.78. The van der Waals surface area contributed by atoms with Crippen molar-refractivity contribution < 1.29 is 23.4 Å². The molecule has 1 rings (SSSR count). The van der Waals surface area contributed by atoms with Gasteiger partial charge in [0.25, 0.3) is 10.2 Å². The predicted molar refractivity (Wildman–Crippen MR) is 61.3 cm³/mol. The van der Waals surface area contributed by atoms with Gasteiger partial charge in [0.2, 0.25) is 0 Å². The Morgan fingerprint density at radius 1 is 1.41 bits per heavy atom. The van der Waals surface area contributed by atoms with Gasteiger partial charge in [-0.3, -0.25) is 4.72 Å². The van der Waals surface area contributed by atoms with Crippen molar-refractivity contribution in [2.24, 2.45) is 0 Å². The maximum atomic E-state index is 11.4. The van der Waals surface area contributed by atoms with E-state index in [1.54, 1.807) is 6.92 Å². The third kappa shape index (κ3) is 3.61. The minimum atomic E-state index is -3.80. The molecule has 0 fully saturated rings. The van der Waals surface area contributed by atoms with Gasteiger partial charge >= 0.3 is 5.97 Å². The van der Waals surface area contributed by atoms with Crippen molar-refractivity contribution in [3.05, 3.63) is 23.8 Å². The predicted octanol–water partition coefficient (Wildman–Crippen LogP) is 0.357. The second-order valence-electron chi connectivity index (χ2n) is 3.14. The summed E-state index contributed by atoms with van der Waals surface area (Å²) in [7, 11) is -3.80. The molecule has 8 heteroatoms. The van der Waals surface area contributed by atoms with Crippen LogP contribution in [0.15, 0.2) is 18.2 Å². The van der Waals surface area contributed by atoms with Crippen molar-refractivity contribution in [3.8, 4) is 5.75 Å². The summed E-state index contributed by atoms with van der Waals surface area (Å²) >= 11 is 0. The Balaban J connectivity index is 3.06. The number of carboxylic acid groups (broad SMARTS) is 1. The van der Waals surface area contributed by atoms with Crippen molar-refractivity contribution >= 4 is 21.9 Å². The molecule has 0 aliphatic rings. The van der Waals surface area contributed by atoms with Crippen molar-refractivity contribution in [3.63, 3.8) is 0 Å². The van der Waals surface area contributed by atoms with Crippen molar-refractivity contribution in [1.82, 2.24) is 4.72 Å². The quantitative estimate of drug-likeness (QED) is 0.570. The van der Waals surface area contributed by atoms with Crippen LogP contribution in [-0.4, -0.2) is 31.1 Å². The molecule has 0 bridgehead atoms. The van der Waals surface area contributed by atoms with E-state index in [9.17, 15) is 18.3 Å². The van der Waals surface area contributed by atoms with Crippen LogP contribution < -0.4 is 9.44 Å². The van der Waals surface area contributed by atoms with E-state index in [1.807, 2.05) is 4.72 Å². The highest BCUT2D eigenvalue weighted by Crippen LogP contribution is 2.24. The highest BCUT2D eigenvalue weighted by atomic mass is 32.2. The Kier molecular flexibility index (Phi) is 3.92. The van der Waals surface area contributed by atoms with Gasteiger partial charge in [-0.2, -0.15) is 13.1 Å². The van der Waals surface area contributed by atoms with E-state index in [0.29, 0.717) is 0 Å². The Labute approximate surface area is 98.3 Å². The molecule has 0 unspecified atom stereocenters. The van der Waals surface area contributed by atoms with E-state index >= 15 is 0 Å². The van der Waals surface area contributed by atoms with Gasteiger partial charge in [-0.25, -0.2) is 4.79 Å². The number of carbonyl (C=O) groups is 1. The molecule has 0 atom stereocenters. The molecule has 0 amide bonds. The summed E-state index contributed by atoms with van der Waals surface area (Å²) in [6, 6.07) is 3.31. The summed E-state index contributed by atoms with van der Waals surface area (Å²) in [6.07, 6.45) is 0. The van der Waals surface area contributed by atoms with E-state index in [1.165, 1.54) is 6.07 Å². The highest BCUT2D eigenvalue weighted by molar-refractivity contribution is 7.90. The van der Waals surface area contributed by atoms with E-state index in [0.717, 1.165) is 12.1 Å². The molecule has 1 aromatic rings. The lowest BCUT2D eigenvalue weighted by atomic mass is 10.2. The average molecular weight is 260 g/mol. The fraction of sp³-hybridized carbons (Fsp3) is 0.222. The number of hydrogen-bond donors (Lipinski definition) is 4. The first kappa shape index (κ1) is 13.3. The molecule has 0 aromatic heterocycles. The first-order valence-corrected chi connectivity index (χ1v) is 6.17. The lowest BCUT2D eigenvalue weighted by Crippen LogP contribution is -2.29. The van der Waals surface area contributed by atoms with E-state index in [2.05, 4.69) is 4.72 Å². The van der Waals surface area contributed by atoms with Crippen LogP contribution in [0.3, 0.4) is 0 Å². The summed E-state index contributed by atoms with van der Waals surface area (Å²) in [6.45, 7) is 1.77. The monoisotopic (exact) mass is 260 g/mol. The Hall–Kier alpha value is -1.80. The van der Waals surface area contributed by atoms with Crippen LogP contribution in [0.1, 0.15) is 17.3 Å². The first-order valence-electron chi connectivity index (χ1n) is 4.69. The zero-order chi connectivity index (χ0) is 13.1. The summed E-state index contributed by atoms with van der Waals surface area (Å²) in [5, 5.41) is 18.1. The summed E-state index contributed by atoms with van der Waals surface area (Å²) < 4.78 is 26.9. The number of anilines is 1. The van der Waals surface area contributed by atoms with Crippen LogP contribution >= 0.6 is 0 Å². The van der Waals surface area contributed by atoms with Gasteiger partial charge in [-0.05, 0) is 18.2 Å². The van der Waals surface area contributed by atoms with Gasteiger partial charge in [0.05, 0.1) is 11.3 Å². The maximum Gasteiger partial charge on any atom is 0.335 e. The Morgan fingerprint density at radius 3 is 2.59 bits per heavy atom. The fourth-order valence-corrected chi connectivity index (χ4v) is 2.03. The number of aromatic carboxylic acids is 1. The molecule has 0 heterocycles. The molecule has 7 nitrogen and oxygen atoms in total. The van der Waals surface area contributed by atoms with E-state index in [-0.39, 0.29) is 23.5 Å². The number of carboxylic acids is 1. The number of aromatic hydroxyl groups is 1. The number of nitrogens with one attached hydrogen (secondary N) is 2. The largest absolute Gasteiger partial charge is 0.506 e. The lowest BCUT2D eigenvalue weighted by molar-refractivity contribution is 0.0697. The van der Waals surface area contributed by atoms with Crippen LogP contribution in [0.25, 0.3) is 0 Å². The van der Waals surface area contributed by atoms with E-state index in [4.69, 9.17) is 5.11 Å². The molecule has 0 aliphatic carbocycles. The molecule has 0 saturated heterocycles. The van der Waals surface area contributed by atoms with E-state index < -0.39 is 16.2 Å². The SMILES string of the molecule is CCNS(=O)(=O)Nc1cc(C(=O)O)ccc1O. The minimum Gasteiger partial charge on any atom is -0.506 e. The normalized spacial score (nSPS) is 11.1. The lowest BCUT2D eigenvalue weighted by Gasteiger charge is -2.09. The Morgan fingerprint density at radius 2 is 2.06 bits per heavy atom. The minimum absolute atomic E-state index is 0.128. The van der Waals surface area contributed by atoms with Crippen LogP contribution in [0.4, 0.5) is 5.69 Å². The van der Waals surface area contributed by atoms with Crippen molar-refractivity contribution in [2.75, 3.05) is 11.3 Å². The van der Waals surface area contributed by atoms with Gasteiger partial charge in [-0.15, -0.1) is 0 Å². The topological polar surface area (TPSA) is 116 Å². The molecular formula is C9H12N2O5S. The maximum absolute atomic E-state index is 11.4. The molecule has 0 spiro atoms. The van der Waals surface area contributed by atoms with Gasteiger partial charge in [-0.1, -0.05) is 6.92 Å². The standard InChI is InChI=1S/C9H12N2O5S/c1-2-10-17(15,16)11-7-5-6(9(13)14)3-4-8(7)12/h3-5,10-12H,2H2,1H3,(H,13,14). The molecule has 1 aromatic carbocycles. The van der Waals surface area contributed by atoms with Crippen LogP contribution in [0.2, 0.25) is 0 Å². The average Bonchev–Trinajstić information content (AvgIpc) is 2.20. The number of rotatable bonds is 5. The number of benzene rings is 1. The molecular weight excluding hydrogens is 248 g/mol. The summed E-state index contributed by atoms with van der Waals surface area (Å²) in [4.78, 5) is 10.7. The Bertz CT molecular complexity index is 526. The molecule has 4 N–H and O–H groups in total. The second kappa shape index (κ2) is 5.02. The van der Waals surface area contributed by atoms with Crippen molar-refractivity contribution in [2.45, 2.75) is 6.92 Å². The van der Waals surface area contributed by atoms with Crippen LogP contribution in [-0.2, 0) is 10.2 Å². The third-order valence-electron chi connectivity index (χ3n) is 1.82. The molecule has 0 aliphatic heterocycles. The highest BCUT2D eigenvalue weighted by Gasteiger charge is 2.13. The first-order chi connectivity index (χ1) is 7.85. The van der Waals surface area contributed by atoms with Gasteiger partial charge in [0, 0.05) is 6.54 Å².